The lowest BCUT2D eigenvalue weighted by Gasteiger charge is -2.31. The first kappa shape index (κ1) is 18.7. The van der Waals surface area contributed by atoms with Crippen LogP contribution in [0.5, 0.6) is 0 Å². The van der Waals surface area contributed by atoms with E-state index in [1.54, 1.807) is 11.3 Å². The van der Waals surface area contributed by atoms with E-state index < -0.39 is 0 Å². The van der Waals surface area contributed by atoms with Gasteiger partial charge in [0.1, 0.15) is 0 Å². The highest BCUT2D eigenvalue weighted by Gasteiger charge is 2.28. The van der Waals surface area contributed by atoms with Crippen molar-refractivity contribution in [3.8, 4) is 5.13 Å². The van der Waals surface area contributed by atoms with Gasteiger partial charge in [-0.15, -0.1) is 10.2 Å². The fourth-order valence-electron chi connectivity index (χ4n) is 3.87. The van der Waals surface area contributed by atoms with Gasteiger partial charge >= 0.3 is 0 Å². The van der Waals surface area contributed by atoms with E-state index in [4.69, 9.17) is 0 Å². The van der Waals surface area contributed by atoms with Crippen molar-refractivity contribution < 1.29 is 4.79 Å². The molecular formula is C21H25N5OS. The molecule has 1 amide bonds. The van der Waals surface area contributed by atoms with Gasteiger partial charge in [-0.25, -0.2) is 0 Å². The van der Waals surface area contributed by atoms with Gasteiger partial charge in [-0.2, -0.15) is 0 Å². The Morgan fingerprint density at radius 2 is 1.79 bits per heavy atom. The molecule has 2 aromatic heterocycles. The number of carbonyl (C=O) groups excluding carboxylic acids is 1. The zero-order valence-corrected chi connectivity index (χ0v) is 17.3. The molecule has 3 heterocycles. The second kappa shape index (κ2) is 7.75. The van der Waals surface area contributed by atoms with E-state index >= 15 is 0 Å². The van der Waals surface area contributed by atoms with E-state index in [0.29, 0.717) is 6.54 Å². The number of rotatable bonds is 4. The minimum atomic E-state index is -0.0484. The molecular weight excluding hydrogens is 370 g/mol. The zero-order valence-electron chi connectivity index (χ0n) is 16.5. The molecule has 7 heteroatoms. The summed E-state index contributed by atoms with van der Waals surface area (Å²) < 4.78 is 1.96. The van der Waals surface area contributed by atoms with Crippen LogP contribution in [0.15, 0.2) is 36.7 Å². The summed E-state index contributed by atoms with van der Waals surface area (Å²) in [5, 5.41) is 13.5. The van der Waals surface area contributed by atoms with E-state index in [-0.39, 0.29) is 11.8 Å². The van der Waals surface area contributed by atoms with Gasteiger partial charge in [0, 0.05) is 31.2 Å². The molecule has 0 aliphatic carbocycles. The predicted octanol–water partition coefficient (Wildman–Crippen LogP) is 4.11. The maximum atomic E-state index is 13.0. The van der Waals surface area contributed by atoms with Crippen LogP contribution >= 0.6 is 11.3 Å². The van der Waals surface area contributed by atoms with Crippen molar-refractivity contribution in [3.63, 3.8) is 0 Å². The van der Waals surface area contributed by atoms with Crippen molar-refractivity contribution in [2.24, 2.45) is 5.92 Å². The molecule has 1 N–H and O–H groups in total. The van der Waals surface area contributed by atoms with E-state index in [0.717, 1.165) is 46.5 Å². The Bertz CT molecular complexity index is 956. The molecule has 0 saturated carbocycles. The molecule has 0 unspecified atom stereocenters. The first-order chi connectivity index (χ1) is 13.5. The molecule has 0 bridgehead atoms. The predicted molar refractivity (Wildman–Crippen MR) is 113 cm³/mol. The van der Waals surface area contributed by atoms with E-state index in [2.05, 4.69) is 39.5 Å². The number of amides is 1. The van der Waals surface area contributed by atoms with Crippen LogP contribution in [0.4, 0.5) is 10.8 Å². The number of aromatic nitrogens is 3. The molecule has 0 spiro atoms. The van der Waals surface area contributed by atoms with Crippen molar-refractivity contribution >= 4 is 28.1 Å². The Morgan fingerprint density at radius 3 is 2.50 bits per heavy atom. The molecule has 1 aliphatic heterocycles. The molecule has 146 valence electrons. The summed E-state index contributed by atoms with van der Waals surface area (Å²) in [5.41, 5.74) is 4.38. The summed E-state index contributed by atoms with van der Waals surface area (Å²) in [6, 6.07) is 8.16. The number of hydrogen-bond acceptors (Lipinski definition) is 5. The molecule has 1 aromatic carbocycles. The lowest BCUT2D eigenvalue weighted by molar-refractivity contribution is -0.120. The van der Waals surface area contributed by atoms with Crippen LogP contribution in [0.1, 0.15) is 29.5 Å². The molecule has 0 radical (unpaired) electrons. The smallest absolute Gasteiger partial charge is 0.229 e. The third kappa shape index (κ3) is 3.80. The van der Waals surface area contributed by atoms with Crippen molar-refractivity contribution in [2.45, 2.75) is 33.6 Å². The number of aryl methyl sites for hydroxylation is 3. The van der Waals surface area contributed by atoms with Gasteiger partial charge in [0.2, 0.25) is 16.2 Å². The Kier molecular flexibility index (Phi) is 5.17. The molecule has 3 aromatic rings. The van der Waals surface area contributed by atoms with Crippen molar-refractivity contribution in [2.75, 3.05) is 23.3 Å². The normalized spacial score (nSPS) is 17.0. The molecule has 28 heavy (non-hydrogen) atoms. The van der Waals surface area contributed by atoms with Crippen LogP contribution in [0, 0.1) is 26.7 Å². The topological polar surface area (TPSA) is 63.1 Å². The van der Waals surface area contributed by atoms with Gasteiger partial charge in [-0.1, -0.05) is 29.0 Å². The minimum Gasteiger partial charge on any atom is -0.346 e. The van der Waals surface area contributed by atoms with Gasteiger partial charge in [0.25, 0.3) is 0 Å². The van der Waals surface area contributed by atoms with E-state index in [1.165, 1.54) is 5.56 Å². The number of benzene rings is 1. The van der Waals surface area contributed by atoms with E-state index in [9.17, 15) is 4.79 Å². The minimum absolute atomic E-state index is 0.0484. The quantitative estimate of drug-likeness (QED) is 0.722. The summed E-state index contributed by atoms with van der Waals surface area (Å²) in [4.78, 5) is 15.1. The number of carbonyl (C=O) groups is 1. The third-order valence-corrected chi connectivity index (χ3v) is 6.21. The second-order valence-electron chi connectivity index (χ2n) is 7.51. The molecule has 1 aliphatic rings. The third-order valence-electron chi connectivity index (χ3n) is 5.22. The highest BCUT2D eigenvalue weighted by atomic mass is 32.1. The summed E-state index contributed by atoms with van der Waals surface area (Å²) >= 11 is 1.56. The molecule has 1 saturated heterocycles. The largest absolute Gasteiger partial charge is 0.346 e. The monoisotopic (exact) mass is 395 g/mol. The van der Waals surface area contributed by atoms with E-state index in [1.807, 2.05) is 42.9 Å². The molecule has 6 nitrogen and oxygen atoms in total. The SMILES string of the molecule is Cc1cc(C)c(NC(=O)[C@@H]2CCCN(c3nnc(-n4cccc4)s3)C2)c(C)c1. The van der Waals surface area contributed by atoms with Crippen LogP contribution in [-0.4, -0.2) is 33.8 Å². The highest BCUT2D eigenvalue weighted by molar-refractivity contribution is 7.17. The van der Waals surface area contributed by atoms with Crippen molar-refractivity contribution in [1.29, 1.82) is 0 Å². The van der Waals surface area contributed by atoms with Gasteiger partial charge in [-0.3, -0.25) is 9.36 Å². The van der Waals surface area contributed by atoms with Crippen molar-refractivity contribution in [1.82, 2.24) is 14.8 Å². The van der Waals surface area contributed by atoms with Crippen LogP contribution in [0.3, 0.4) is 0 Å². The summed E-state index contributed by atoms with van der Waals surface area (Å²) in [6.07, 6.45) is 5.80. The maximum absolute atomic E-state index is 13.0. The molecule has 1 atom stereocenters. The molecule has 4 rings (SSSR count). The van der Waals surface area contributed by atoms with Crippen molar-refractivity contribution in [3.05, 3.63) is 53.3 Å². The summed E-state index contributed by atoms with van der Waals surface area (Å²) in [5.74, 6) is 0.0442. The first-order valence-electron chi connectivity index (χ1n) is 9.62. The number of nitrogens with one attached hydrogen (secondary N) is 1. The Balaban J connectivity index is 1.46. The average Bonchev–Trinajstić information content (AvgIpc) is 3.36. The number of hydrogen-bond donors (Lipinski definition) is 1. The van der Waals surface area contributed by atoms with Crippen LogP contribution in [-0.2, 0) is 4.79 Å². The standard InChI is InChI=1S/C21H25N5OS/c1-14-11-15(2)18(16(3)12-14)22-19(27)17-7-6-10-26(13-17)21-24-23-20(28-21)25-8-4-5-9-25/h4-5,8-9,11-12,17H,6-7,10,13H2,1-3H3,(H,22,27)/t17-/m1/s1. The maximum Gasteiger partial charge on any atom is 0.229 e. The Morgan fingerprint density at radius 1 is 1.11 bits per heavy atom. The molecule has 1 fully saturated rings. The fraction of sp³-hybridized carbons (Fsp3) is 0.381. The zero-order chi connectivity index (χ0) is 19.7. The number of piperidine rings is 1. The lowest BCUT2D eigenvalue weighted by Crippen LogP contribution is -2.40. The highest BCUT2D eigenvalue weighted by Crippen LogP contribution is 2.29. The number of nitrogens with zero attached hydrogens (tertiary/aromatic N) is 4. The van der Waals surface area contributed by atoms with Gasteiger partial charge < -0.3 is 10.2 Å². The van der Waals surface area contributed by atoms with Crippen LogP contribution in [0.2, 0.25) is 0 Å². The Labute approximate surface area is 169 Å². The number of anilines is 2. The van der Waals surface area contributed by atoms with Crippen LogP contribution < -0.4 is 10.2 Å². The lowest BCUT2D eigenvalue weighted by atomic mass is 9.96. The van der Waals surface area contributed by atoms with Gasteiger partial charge in [0.05, 0.1) is 5.92 Å². The fourth-order valence-corrected chi connectivity index (χ4v) is 4.72. The van der Waals surface area contributed by atoms with Gasteiger partial charge in [-0.05, 0) is 56.9 Å². The van der Waals surface area contributed by atoms with Crippen LogP contribution in [0.25, 0.3) is 5.13 Å². The van der Waals surface area contributed by atoms with Gasteiger partial charge in [0.15, 0.2) is 0 Å². The Hall–Kier alpha value is -2.67. The first-order valence-corrected chi connectivity index (χ1v) is 10.4. The average molecular weight is 396 g/mol. The summed E-state index contributed by atoms with van der Waals surface area (Å²) in [7, 11) is 0. The summed E-state index contributed by atoms with van der Waals surface area (Å²) in [6.45, 7) is 7.76. The second-order valence-corrected chi connectivity index (χ2v) is 8.44.